The quantitative estimate of drug-likeness (QED) is 0.357. The summed E-state index contributed by atoms with van der Waals surface area (Å²) in [6.45, 7) is 3.39. The Hall–Kier alpha value is -3.77. The molecule has 12 heteroatoms. The van der Waals surface area contributed by atoms with Gasteiger partial charge in [-0.2, -0.15) is 0 Å². The summed E-state index contributed by atoms with van der Waals surface area (Å²) in [5.41, 5.74) is 1.09. The molecule has 1 aliphatic rings. The molecule has 176 valence electrons. The second-order valence-electron chi connectivity index (χ2n) is 7.70. The van der Waals surface area contributed by atoms with Crippen LogP contribution in [0.5, 0.6) is 11.5 Å². The second kappa shape index (κ2) is 9.61. The highest BCUT2D eigenvalue weighted by molar-refractivity contribution is 7.09. The summed E-state index contributed by atoms with van der Waals surface area (Å²) in [4.78, 5) is 31.0. The van der Waals surface area contributed by atoms with E-state index in [9.17, 15) is 9.59 Å². The third-order valence-electron chi connectivity index (χ3n) is 5.32. The van der Waals surface area contributed by atoms with Gasteiger partial charge in [-0.15, -0.1) is 16.4 Å². The molecule has 3 aromatic heterocycles. The van der Waals surface area contributed by atoms with Gasteiger partial charge in [-0.3, -0.25) is 14.5 Å². The number of H-pyrrole nitrogens is 1. The van der Waals surface area contributed by atoms with Crippen LogP contribution < -0.4 is 15.0 Å². The van der Waals surface area contributed by atoms with Gasteiger partial charge >= 0.3 is 5.97 Å². The molecule has 0 radical (unpaired) electrons. The summed E-state index contributed by atoms with van der Waals surface area (Å²) in [6, 6.07) is 9.51. The number of aromatic nitrogens is 5. The molecule has 0 spiro atoms. The molecule has 1 N–H and O–H groups in total. The van der Waals surface area contributed by atoms with Crippen LogP contribution in [0.25, 0.3) is 10.9 Å². The summed E-state index contributed by atoms with van der Waals surface area (Å²) < 4.78 is 17.3. The number of carbonyl (C=O) groups is 1. The first-order valence-corrected chi connectivity index (χ1v) is 11.6. The first-order valence-electron chi connectivity index (χ1n) is 10.7. The van der Waals surface area contributed by atoms with Gasteiger partial charge < -0.3 is 19.2 Å². The molecular weight excluding hydrogens is 460 g/mol. The topological polar surface area (TPSA) is 124 Å². The van der Waals surface area contributed by atoms with Crippen LogP contribution in [0.15, 0.2) is 40.5 Å². The van der Waals surface area contributed by atoms with Gasteiger partial charge in [0.1, 0.15) is 6.54 Å². The lowest BCUT2D eigenvalue weighted by atomic mass is 10.1. The van der Waals surface area contributed by atoms with Crippen LogP contribution in [0.1, 0.15) is 23.2 Å². The zero-order chi connectivity index (χ0) is 23.5. The van der Waals surface area contributed by atoms with Gasteiger partial charge in [0.25, 0.3) is 5.56 Å². The fourth-order valence-electron chi connectivity index (χ4n) is 3.78. The first-order chi connectivity index (χ1) is 16.6. The Balaban J connectivity index is 1.42. The number of thiophene rings is 1. The Bertz CT molecular complexity index is 1370. The van der Waals surface area contributed by atoms with Crippen molar-refractivity contribution in [3.63, 3.8) is 0 Å². The molecule has 0 saturated carbocycles. The number of ether oxygens (including phenoxy) is 3. The number of fused-ring (bicyclic) bond motifs is 2. The highest BCUT2D eigenvalue weighted by Gasteiger charge is 2.19. The van der Waals surface area contributed by atoms with Crippen molar-refractivity contribution in [2.75, 3.05) is 13.4 Å². The van der Waals surface area contributed by atoms with Crippen LogP contribution in [-0.4, -0.2) is 49.5 Å². The number of nitrogens with zero attached hydrogens (tertiary/aromatic N) is 5. The highest BCUT2D eigenvalue weighted by Crippen LogP contribution is 2.35. The number of esters is 1. The molecular formula is C22H22N6O5S. The summed E-state index contributed by atoms with van der Waals surface area (Å²) in [6.07, 6.45) is 0. The Labute approximate surface area is 197 Å². The van der Waals surface area contributed by atoms with Gasteiger partial charge in [0, 0.05) is 35.0 Å². The molecule has 0 bridgehead atoms. The second-order valence-corrected chi connectivity index (χ2v) is 8.73. The molecule has 0 amide bonds. The number of tetrazole rings is 1. The van der Waals surface area contributed by atoms with Crippen molar-refractivity contribution in [3.05, 3.63) is 62.3 Å². The predicted octanol–water partition coefficient (Wildman–Crippen LogP) is 2.07. The van der Waals surface area contributed by atoms with Gasteiger partial charge in [-0.25, -0.2) is 4.68 Å². The minimum Gasteiger partial charge on any atom is -0.465 e. The SMILES string of the molecule is CCOC(=O)Cn1nnnc1CN(Cc1cccs1)Cc1cc2cc3c(cc2[nH]c1=O)OCO3. The number of hydrogen-bond acceptors (Lipinski definition) is 10. The average Bonchev–Trinajstić information content (AvgIpc) is 3.56. The van der Waals surface area contributed by atoms with Gasteiger partial charge in [-0.1, -0.05) is 6.07 Å². The fraction of sp³-hybridized carbons (Fsp3) is 0.318. The molecule has 0 fully saturated rings. The molecule has 4 heterocycles. The standard InChI is InChI=1S/C22H22N6O5S/c1-2-31-21(29)12-28-20(24-25-26-28)11-27(10-16-4-3-5-34-16)9-15-6-14-7-18-19(33-13-32-18)8-17(14)23-22(15)30/h3-8H,2,9-13H2,1H3,(H,23,30). The molecule has 11 nitrogen and oxygen atoms in total. The molecule has 0 saturated heterocycles. The lowest BCUT2D eigenvalue weighted by Gasteiger charge is -2.21. The number of carbonyl (C=O) groups excluding carboxylic acids is 1. The zero-order valence-electron chi connectivity index (χ0n) is 18.4. The Morgan fingerprint density at radius 3 is 2.88 bits per heavy atom. The van der Waals surface area contributed by atoms with Crippen LogP contribution in [0.4, 0.5) is 0 Å². The van der Waals surface area contributed by atoms with Crippen molar-refractivity contribution in [1.82, 2.24) is 30.1 Å². The number of aromatic amines is 1. The van der Waals surface area contributed by atoms with Crippen molar-refractivity contribution in [1.29, 1.82) is 0 Å². The van der Waals surface area contributed by atoms with E-state index in [4.69, 9.17) is 14.2 Å². The van der Waals surface area contributed by atoms with Crippen molar-refractivity contribution < 1.29 is 19.0 Å². The molecule has 0 atom stereocenters. The van der Waals surface area contributed by atoms with E-state index < -0.39 is 5.97 Å². The van der Waals surface area contributed by atoms with Crippen LogP contribution in [0.2, 0.25) is 0 Å². The van der Waals surface area contributed by atoms with Gasteiger partial charge in [0.05, 0.1) is 18.7 Å². The lowest BCUT2D eigenvalue weighted by Crippen LogP contribution is -2.28. The van der Waals surface area contributed by atoms with E-state index in [-0.39, 0.29) is 25.5 Å². The minimum absolute atomic E-state index is 0.0766. The Morgan fingerprint density at radius 2 is 2.09 bits per heavy atom. The van der Waals surface area contributed by atoms with E-state index in [1.54, 1.807) is 24.3 Å². The monoisotopic (exact) mass is 482 g/mol. The summed E-state index contributed by atoms with van der Waals surface area (Å²) in [5, 5.41) is 14.6. The van der Waals surface area contributed by atoms with E-state index in [2.05, 4.69) is 25.4 Å². The van der Waals surface area contributed by atoms with Crippen molar-refractivity contribution in [2.24, 2.45) is 0 Å². The van der Waals surface area contributed by atoms with Gasteiger partial charge in [-0.05, 0) is 40.9 Å². The molecule has 5 rings (SSSR count). The molecule has 1 aromatic carbocycles. The van der Waals surface area contributed by atoms with Crippen LogP contribution in [0.3, 0.4) is 0 Å². The average molecular weight is 483 g/mol. The van der Waals surface area contributed by atoms with Crippen LogP contribution in [0, 0.1) is 0 Å². The predicted molar refractivity (Wildman–Crippen MR) is 122 cm³/mol. The van der Waals surface area contributed by atoms with Crippen molar-refractivity contribution >= 4 is 28.2 Å². The summed E-state index contributed by atoms with van der Waals surface area (Å²) in [5.74, 6) is 1.36. The van der Waals surface area contributed by atoms with E-state index in [0.717, 1.165) is 10.3 Å². The highest BCUT2D eigenvalue weighted by atomic mass is 32.1. The van der Waals surface area contributed by atoms with Crippen LogP contribution >= 0.6 is 11.3 Å². The summed E-state index contributed by atoms with van der Waals surface area (Å²) in [7, 11) is 0. The maximum absolute atomic E-state index is 12.9. The Morgan fingerprint density at radius 1 is 1.24 bits per heavy atom. The van der Waals surface area contributed by atoms with Crippen LogP contribution in [-0.2, 0) is 35.7 Å². The van der Waals surface area contributed by atoms with Gasteiger partial charge in [0.15, 0.2) is 17.3 Å². The number of rotatable bonds is 9. The lowest BCUT2D eigenvalue weighted by molar-refractivity contribution is -0.144. The third kappa shape index (κ3) is 4.77. The number of hydrogen-bond donors (Lipinski definition) is 1. The van der Waals surface area contributed by atoms with E-state index >= 15 is 0 Å². The van der Waals surface area contributed by atoms with Crippen molar-refractivity contribution in [2.45, 2.75) is 33.1 Å². The number of nitrogens with one attached hydrogen (secondary N) is 1. The molecule has 1 aliphatic heterocycles. The van der Waals surface area contributed by atoms with E-state index in [0.29, 0.717) is 48.0 Å². The largest absolute Gasteiger partial charge is 0.465 e. The summed E-state index contributed by atoms with van der Waals surface area (Å²) >= 11 is 1.63. The minimum atomic E-state index is -0.412. The van der Waals surface area contributed by atoms with Gasteiger partial charge in [0.2, 0.25) is 6.79 Å². The smallest absolute Gasteiger partial charge is 0.327 e. The molecule has 34 heavy (non-hydrogen) atoms. The molecule has 0 aliphatic carbocycles. The first kappa shape index (κ1) is 22.0. The normalized spacial score (nSPS) is 12.5. The zero-order valence-corrected chi connectivity index (χ0v) is 19.2. The maximum atomic E-state index is 12.9. The molecule has 0 unspecified atom stereocenters. The van der Waals surface area contributed by atoms with Crippen molar-refractivity contribution in [3.8, 4) is 11.5 Å². The molecule has 4 aromatic rings. The maximum Gasteiger partial charge on any atom is 0.327 e. The third-order valence-corrected chi connectivity index (χ3v) is 6.18. The number of pyridine rings is 1. The van der Waals surface area contributed by atoms with E-state index in [1.807, 2.05) is 29.6 Å². The number of benzene rings is 1. The fourth-order valence-corrected chi connectivity index (χ4v) is 4.52. The van der Waals surface area contributed by atoms with E-state index in [1.165, 1.54) is 4.68 Å². The Kier molecular flexibility index (Phi) is 6.23.